The van der Waals surface area contributed by atoms with Crippen molar-refractivity contribution in [3.8, 4) is 5.75 Å². The zero-order valence-corrected chi connectivity index (χ0v) is 15.7. The van der Waals surface area contributed by atoms with Crippen LogP contribution in [-0.2, 0) is 5.41 Å². The Morgan fingerprint density at radius 1 is 0.840 bits per heavy atom. The van der Waals surface area contributed by atoms with Crippen molar-refractivity contribution >= 4 is 0 Å². The predicted molar refractivity (Wildman–Crippen MR) is 104 cm³/mol. The topological polar surface area (TPSA) is 9.23 Å². The van der Waals surface area contributed by atoms with E-state index in [1.165, 1.54) is 31.2 Å². The Morgan fingerprint density at radius 2 is 1.48 bits per heavy atom. The van der Waals surface area contributed by atoms with Crippen molar-refractivity contribution in [2.75, 3.05) is 0 Å². The average Bonchev–Trinajstić information content (AvgIpc) is 2.59. The highest BCUT2D eigenvalue weighted by Crippen LogP contribution is 2.58. The first-order chi connectivity index (χ1) is 12.0. The monoisotopic (exact) mass is 334 g/mol. The van der Waals surface area contributed by atoms with Crippen molar-refractivity contribution in [1.82, 2.24) is 0 Å². The summed E-state index contributed by atoms with van der Waals surface area (Å²) >= 11 is 0. The maximum Gasteiger partial charge on any atom is 0.119 e. The molecule has 4 atom stereocenters. The largest absolute Gasteiger partial charge is 0.490 e. The molecule has 1 nitrogen and oxygen atoms in total. The molecule has 0 aliphatic heterocycles. The van der Waals surface area contributed by atoms with Crippen molar-refractivity contribution in [2.45, 2.75) is 58.0 Å². The van der Waals surface area contributed by atoms with Crippen molar-refractivity contribution in [2.24, 2.45) is 17.3 Å². The van der Waals surface area contributed by atoms with Gasteiger partial charge in [-0.15, -0.1) is 0 Å². The van der Waals surface area contributed by atoms with Gasteiger partial charge in [0, 0.05) is 0 Å². The van der Waals surface area contributed by atoms with Crippen LogP contribution in [0, 0.1) is 17.3 Å². The van der Waals surface area contributed by atoms with Crippen LogP contribution in [0.3, 0.4) is 0 Å². The van der Waals surface area contributed by atoms with Crippen LogP contribution in [0.15, 0.2) is 60.7 Å². The van der Waals surface area contributed by atoms with Gasteiger partial charge in [-0.3, -0.25) is 0 Å². The molecule has 2 aromatic carbocycles. The highest BCUT2D eigenvalue weighted by molar-refractivity contribution is 5.29. The van der Waals surface area contributed by atoms with Crippen LogP contribution >= 0.6 is 0 Å². The summed E-state index contributed by atoms with van der Waals surface area (Å²) in [5.74, 6) is 2.23. The smallest absolute Gasteiger partial charge is 0.119 e. The molecule has 0 spiro atoms. The third-order valence-corrected chi connectivity index (χ3v) is 6.42. The standard InChI is InChI=1S/C24H30O/c1-18-14-24(20-10-6-4-7-11-20)16-19(15-23(2,3)17-24)22(18)25-21-12-8-5-9-13-21/h4-13,18-19,22H,14-17H2,1-3H3. The summed E-state index contributed by atoms with van der Waals surface area (Å²) in [6, 6.07) is 21.6. The van der Waals surface area contributed by atoms with Crippen molar-refractivity contribution in [1.29, 1.82) is 0 Å². The van der Waals surface area contributed by atoms with E-state index < -0.39 is 0 Å². The lowest BCUT2D eigenvalue weighted by Crippen LogP contribution is -2.53. The Hall–Kier alpha value is -1.76. The molecule has 4 rings (SSSR count). The molecule has 25 heavy (non-hydrogen) atoms. The van der Waals surface area contributed by atoms with Gasteiger partial charge in [0.15, 0.2) is 0 Å². The molecule has 1 heteroatoms. The summed E-state index contributed by atoms with van der Waals surface area (Å²) in [6.07, 6.45) is 5.39. The Balaban J connectivity index is 1.66. The normalized spacial score (nSPS) is 33.6. The fourth-order valence-electron chi connectivity index (χ4n) is 5.93. The molecule has 2 saturated carbocycles. The van der Waals surface area contributed by atoms with Crippen LogP contribution in [0.1, 0.15) is 52.0 Å². The minimum atomic E-state index is 0.323. The summed E-state index contributed by atoms with van der Waals surface area (Å²) in [7, 11) is 0. The Morgan fingerprint density at radius 3 is 2.16 bits per heavy atom. The highest BCUT2D eigenvalue weighted by atomic mass is 16.5. The highest BCUT2D eigenvalue weighted by Gasteiger charge is 2.53. The Kier molecular flexibility index (Phi) is 4.14. The molecular weight excluding hydrogens is 304 g/mol. The summed E-state index contributed by atoms with van der Waals surface area (Å²) in [4.78, 5) is 0. The number of benzene rings is 2. The van der Waals surface area contributed by atoms with E-state index in [4.69, 9.17) is 4.74 Å². The molecule has 0 saturated heterocycles. The third-order valence-electron chi connectivity index (χ3n) is 6.42. The maximum atomic E-state index is 6.53. The van der Waals surface area contributed by atoms with E-state index in [9.17, 15) is 0 Å². The molecule has 0 radical (unpaired) electrons. The first-order valence-electron chi connectivity index (χ1n) is 9.75. The molecule has 2 aliphatic rings. The summed E-state index contributed by atoms with van der Waals surface area (Å²) in [6.45, 7) is 7.30. The zero-order chi connectivity index (χ0) is 17.5. The zero-order valence-electron chi connectivity index (χ0n) is 15.7. The first kappa shape index (κ1) is 16.7. The number of rotatable bonds is 3. The molecule has 4 unspecified atom stereocenters. The first-order valence-corrected chi connectivity index (χ1v) is 9.75. The fraction of sp³-hybridized carbons (Fsp3) is 0.500. The number of ether oxygens (including phenoxy) is 1. The minimum Gasteiger partial charge on any atom is -0.490 e. The molecule has 0 heterocycles. The molecule has 0 aromatic heterocycles. The van der Waals surface area contributed by atoms with Gasteiger partial charge in [0.25, 0.3) is 0 Å². The number of hydrogen-bond acceptors (Lipinski definition) is 1. The molecule has 2 aliphatic carbocycles. The second-order valence-corrected chi connectivity index (χ2v) is 9.23. The van der Waals surface area contributed by atoms with Crippen molar-refractivity contribution in [3.05, 3.63) is 66.2 Å². The van der Waals surface area contributed by atoms with E-state index in [2.05, 4.69) is 81.4 Å². The lowest BCUT2D eigenvalue weighted by molar-refractivity contribution is -0.0550. The van der Waals surface area contributed by atoms with Gasteiger partial charge in [-0.25, -0.2) is 0 Å². The summed E-state index contributed by atoms with van der Waals surface area (Å²) < 4.78 is 6.53. The minimum absolute atomic E-state index is 0.323. The van der Waals surface area contributed by atoms with E-state index in [0.717, 1.165) is 5.75 Å². The van der Waals surface area contributed by atoms with Gasteiger partial charge in [0.05, 0.1) is 0 Å². The van der Waals surface area contributed by atoms with Crippen LogP contribution < -0.4 is 4.74 Å². The van der Waals surface area contributed by atoms with E-state index >= 15 is 0 Å². The predicted octanol–water partition coefficient (Wildman–Crippen LogP) is 6.24. The van der Waals surface area contributed by atoms with Gasteiger partial charge in [0.1, 0.15) is 11.9 Å². The van der Waals surface area contributed by atoms with E-state index in [-0.39, 0.29) is 0 Å². The lowest BCUT2D eigenvalue weighted by Gasteiger charge is -2.56. The van der Waals surface area contributed by atoms with Gasteiger partial charge in [-0.1, -0.05) is 69.3 Å². The number of hydrogen-bond donors (Lipinski definition) is 0. The fourth-order valence-corrected chi connectivity index (χ4v) is 5.93. The van der Waals surface area contributed by atoms with E-state index in [1.807, 2.05) is 0 Å². The van der Waals surface area contributed by atoms with Crippen LogP contribution in [0.2, 0.25) is 0 Å². The Bertz CT molecular complexity index is 701. The van der Waals surface area contributed by atoms with Gasteiger partial charge < -0.3 is 4.74 Å². The lowest BCUT2D eigenvalue weighted by atomic mass is 9.50. The van der Waals surface area contributed by atoms with Crippen LogP contribution in [0.5, 0.6) is 5.75 Å². The molecule has 2 aromatic rings. The van der Waals surface area contributed by atoms with Crippen LogP contribution in [0.25, 0.3) is 0 Å². The third kappa shape index (κ3) is 3.21. The van der Waals surface area contributed by atoms with E-state index in [1.54, 1.807) is 0 Å². The number of para-hydroxylation sites is 1. The summed E-state index contributed by atoms with van der Waals surface area (Å²) in [5.41, 5.74) is 2.23. The molecule has 2 fully saturated rings. The van der Waals surface area contributed by atoms with Gasteiger partial charge in [-0.05, 0) is 66.0 Å². The van der Waals surface area contributed by atoms with E-state index in [0.29, 0.717) is 28.8 Å². The van der Waals surface area contributed by atoms with Crippen molar-refractivity contribution < 1.29 is 4.74 Å². The maximum absolute atomic E-state index is 6.53. The molecule has 0 amide bonds. The average molecular weight is 335 g/mol. The quantitative estimate of drug-likeness (QED) is 0.645. The van der Waals surface area contributed by atoms with Crippen molar-refractivity contribution in [3.63, 3.8) is 0 Å². The SMILES string of the molecule is CC1CC2(c3ccccc3)CC(CC(C)(C)C2)C1Oc1ccccc1. The molecule has 0 N–H and O–H groups in total. The second-order valence-electron chi connectivity index (χ2n) is 9.23. The molecule has 2 bridgehead atoms. The van der Waals surface area contributed by atoms with Gasteiger partial charge in [-0.2, -0.15) is 0 Å². The Labute approximate surface area is 152 Å². The van der Waals surface area contributed by atoms with Gasteiger partial charge in [0.2, 0.25) is 0 Å². The van der Waals surface area contributed by atoms with Crippen LogP contribution in [-0.4, -0.2) is 6.10 Å². The molecule has 132 valence electrons. The molecular formula is C24H30O. The second kappa shape index (κ2) is 6.20. The summed E-state index contributed by atoms with van der Waals surface area (Å²) in [5, 5.41) is 0. The number of fused-ring (bicyclic) bond motifs is 2. The van der Waals surface area contributed by atoms with Crippen LogP contribution in [0.4, 0.5) is 0 Å². The van der Waals surface area contributed by atoms with Gasteiger partial charge >= 0.3 is 0 Å².